The fourth-order valence-electron chi connectivity index (χ4n) is 3.55. The summed E-state index contributed by atoms with van der Waals surface area (Å²) in [5.74, 6) is -0.230. The van der Waals surface area contributed by atoms with E-state index in [4.69, 9.17) is 0 Å². The van der Waals surface area contributed by atoms with E-state index in [0.29, 0.717) is 25.2 Å². The third-order valence-corrected chi connectivity index (χ3v) is 4.96. The van der Waals surface area contributed by atoms with Crippen LogP contribution in [0.25, 0.3) is 0 Å². The summed E-state index contributed by atoms with van der Waals surface area (Å²) in [6, 6.07) is 9.87. The molecule has 1 saturated heterocycles. The lowest BCUT2D eigenvalue weighted by Gasteiger charge is -2.14. The van der Waals surface area contributed by atoms with Gasteiger partial charge in [-0.05, 0) is 30.9 Å². The maximum atomic E-state index is 12.6. The third-order valence-electron chi connectivity index (χ3n) is 4.96. The summed E-state index contributed by atoms with van der Waals surface area (Å²) in [4.78, 5) is 26.5. The van der Waals surface area contributed by atoms with Crippen molar-refractivity contribution >= 4 is 17.6 Å². The van der Waals surface area contributed by atoms with Gasteiger partial charge >= 0.3 is 0 Å². The van der Waals surface area contributed by atoms with Gasteiger partial charge in [-0.15, -0.1) is 0 Å². The van der Waals surface area contributed by atoms with Gasteiger partial charge in [0.25, 0.3) is 0 Å². The van der Waals surface area contributed by atoms with E-state index in [2.05, 4.69) is 24.2 Å². The highest BCUT2D eigenvalue weighted by molar-refractivity contribution is 6.21. The van der Waals surface area contributed by atoms with Crippen LogP contribution in [-0.2, 0) is 16.1 Å². The highest BCUT2D eigenvalue weighted by Crippen LogP contribution is 2.37. The number of nitrogens with zero attached hydrogens (tertiary/aromatic N) is 3. The molecule has 4 rings (SSSR count). The second-order valence-corrected chi connectivity index (χ2v) is 6.47. The Morgan fingerprint density at radius 1 is 1.04 bits per heavy atom. The average Bonchev–Trinajstić information content (AvgIpc) is 3.14. The third kappa shape index (κ3) is 2.37. The molecule has 122 valence electrons. The zero-order valence-corrected chi connectivity index (χ0v) is 13.6. The van der Waals surface area contributed by atoms with Crippen molar-refractivity contribution < 1.29 is 9.59 Å². The second kappa shape index (κ2) is 5.74. The molecule has 1 aromatic carbocycles. The molecular formula is C19H19N3O2. The van der Waals surface area contributed by atoms with Gasteiger partial charge < -0.3 is 0 Å². The number of hydrogen-bond acceptors (Lipinski definition) is 3. The van der Waals surface area contributed by atoms with Crippen molar-refractivity contribution in [1.29, 1.82) is 0 Å². The standard InChI is InChI=1S/C19H19N3O2/c1-13-6-2-3-7-14(13)12-21-11-10-17(20-21)22-18(23)15-8-4-5-9-16(15)19(22)24/h2-7,10-11,15-16H,8-9,12H2,1H3/t15-,16+. The molecule has 0 saturated carbocycles. The number of rotatable bonds is 3. The predicted molar refractivity (Wildman–Crippen MR) is 90.4 cm³/mol. The summed E-state index contributed by atoms with van der Waals surface area (Å²) in [5.41, 5.74) is 2.36. The molecule has 5 heteroatoms. The minimum Gasteiger partial charge on any atom is -0.274 e. The van der Waals surface area contributed by atoms with Gasteiger partial charge in [0.1, 0.15) is 0 Å². The van der Waals surface area contributed by atoms with Crippen LogP contribution in [0.3, 0.4) is 0 Å². The number of anilines is 1. The first-order chi connectivity index (χ1) is 11.6. The maximum Gasteiger partial charge on any atom is 0.239 e. The molecule has 1 aliphatic carbocycles. The zero-order chi connectivity index (χ0) is 16.7. The number of carbonyl (C=O) groups excluding carboxylic acids is 2. The van der Waals surface area contributed by atoms with Crippen LogP contribution < -0.4 is 4.90 Å². The largest absolute Gasteiger partial charge is 0.274 e. The quantitative estimate of drug-likeness (QED) is 0.645. The first kappa shape index (κ1) is 14.9. The Morgan fingerprint density at radius 2 is 1.71 bits per heavy atom. The number of aryl methyl sites for hydroxylation is 1. The first-order valence-electron chi connectivity index (χ1n) is 8.26. The maximum absolute atomic E-state index is 12.6. The molecule has 0 radical (unpaired) electrons. The molecule has 5 nitrogen and oxygen atoms in total. The number of imide groups is 1. The molecule has 24 heavy (non-hydrogen) atoms. The molecule has 2 aliphatic rings. The Kier molecular flexibility index (Phi) is 3.56. The number of hydrogen-bond donors (Lipinski definition) is 0. The molecule has 0 N–H and O–H groups in total. The van der Waals surface area contributed by atoms with Gasteiger partial charge in [-0.3, -0.25) is 14.3 Å². The Hall–Kier alpha value is -2.69. The molecule has 1 fully saturated rings. The fraction of sp³-hybridized carbons (Fsp3) is 0.316. The summed E-state index contributed by atoms with van der Waals surface area (Å²) < 4.78 is 1.78. The molecule has 2 aromatic rings. The molecule has 1 aromatic heterocycles. The zero-order valence-electron chi connectivity index (χ0n) is 13.6. The molecule has 2 atom stereocenters. The Morgan fingerprint density at radius 3 is 2.38 bits per heavy atom. The second-order valence-electron chi connectivity index (χ2n) is 6.47. The van der Waals surface area contributed by atoms with Crippen LogP contribution in [0, 0.1) is 18.8 Å². The minimum absolute atomic E-state index is 0.115. The number of aromatic nitrogens is 2. The summed E-state index contributed by atoms with van der Waals surface area (Å²) >= 11 is 0. The lowest BCUT2D eigenvalue weighted by atomic mass is 9.85. The van der Waals surface area contributed by atoms with Crippen LogP contribution in [0.4, 0.5) is 5.82 Å². The van der Waals surface area contributed by atoms with Crippen LogP contribution in [0.5, 0.6) is 0 Å². The highest BCUT2D eigenvalue weighted by atomic mass is 16.2. The summed E-state index contributed by atoms with van der Waals surface area (Å²) in [6.07, 6.45) is 7.10. The van der Waals surface area contributed by atoms with Gasteiger partial charge in [-0.25, -0.2) is 4.90 Å². The van der Waals surface area contributed by atoms with E-state index in [1.807, 2.05) is 30.5 Å². The van der Waals surface area contributed by atoms with Gasteiger partial charge in [0, 0.05) is 12.3 Å². The van der Waals surface area contributed by atoms with E-state index in [0.717, 1.165) is 0 Å². The minimum atomic E-state index is -0.219. The Balaban J connectivity index is 1.58. The van der Waals surface area contributed by atoms with Crippen LogP contribution in [-0.4, -0.2) is 21.6 Å². The molecule has 2 heterocycles. The van der Waals surface area contributed by atoms with E-state index >= 15 is 0 Å². The van der Waals surface area contributed by atoms with Gasteiger partial charge in [0.2, 0.25) is 11.8 Å². The van der Waals surface area contributed by atoms with E-state index < -0.39 is 0 Å². The smallest absolute Gasteiger partial charge is 0.239 e. The van der Waals surface area contributed by atoms with Gasteiger partial charge in [-0.2, -0.15) is 5.10 Å². The SMILES string of the molecule is Cc1ccccc1Cn1ccc(N2C(=O)[C@H]3CC=CC[C@H]3C2=O)n1. The molecule has 0 bridgehead atoms. The van der Waals surface area contributed by atoms with Crippen molar-refractivity contribution in [3.8, 4) is 0 Å². The molecule has 2 amide bonds. The van der Waals surface area contributed by atoms with Crippen LogP contribution in [0.1, 0.15) is 24.0 Å². The van der Waals surface area contributed by atoms with Crippen LogP contribution in [0.2, 0.25) is 0 Å². The number of carbonyl (C=O) groups is 2. The average molecular weight is 321 g/mol. The normalized spacial score (nSPS) is 23.0. The van der Waals surface area contributed by atoms with E-state index in [9.17, 15) is 9.59 Å². The van der Waals surface area contributed by atoms with E-state index in [-0.39, 0.29) is 23.7 Å². The van der Waals surface area contributed by atoms with Crippen molar-refractivity contribution in [2.75, 3.05) is 4.90 Å². The Labute approximate surface area is 140 Å². The lowest BCUT2D eigenvalue weighted by Crippen LogP contribution is -2.31. The van der Waals surface area contributed by atoms with E-state index in [1.54, 1.807) is 10.7 Å². The van der Waals surface area contributed by atoms with Gasteiger partial charge in [0.05, 0.1) is 18.4 Å². The van der Waals surface area contributed by atoms with Gasteiger partial charge in [-0.1, -0.05) is 36.4 Å². The van der Waals surface area contributed by atoms with Crippen molar-refractivity contribution in [3.63, 3.8) is 0 Å². The molecule has 0 unspecified atom stereocenters. The number of benzene rings is 1. The number of amides is 2. The predicted octanol–water partition coefficient (Wildman–Crippen LogP) is 2.70. The van der Waals surface area contributed by atoms with Crippen molar-refractivity contribution in [2.24, 2.45) is 11.8 Å². The van der Waals surface area contributed by atoms with Crippen LogP contribution in [0.15, 0.2) is 48.7 Å². The van der Waals surface area contributed by atoms with E-state index in [1.165, 1.54) is 16.0 Å². The van der Waals surface area contributed by atoms with Crippen molar-refractivity contribution in [3.05, 3.63) is 59.8 Å². The molecule has 0 spiro atoms. The lowest BCUT2D eigenvalue weighted by molar-refractivity contribution is -0.122. The molecular weight excluding hydrogens is 302 g/mol. The molecule has 1 aliphatic heterocycles. The summed E-state index contributed by atoms with van der Waals surface area (Å²) in [7, 11) is 0. The summed E-state index contributed by atoms with van der Waals surface area (Å²) in [6.45, 7) is 2.68. The summed E-state index contributed by atoms with van der Waals surface area (Å²) in [5, 5.41) is 4.47. The highest BCUT2D eigenvalue weighted by Gasteiger charge is 2.48. The van der Waals surface area contributed by atoms with Gasteiger partial charge in [0.15, 0.2) is 5.82 Å². The van der Waals surface area contributed by atoms with Crippen LogP contribution >= 0.6 is 0 Å². The Bertz CT molecular complexity index is 811. The number of fused-ring (bicyclic) bond motifs is 1. The fourth-order valence-corrected chi connectivity index (χ4v) is 3.55. The van der Waals surface area contributed by atoms with Crippen molar-refractivity contribution in [2.45, 2.75) is 26.3 Å². The topological polar surface area (TPSA) is 55.2 Å². The number of allylic oxidation sites excluding steroid dienone is 2. The monoisotopic (exact) mass is 321 g/mol. The first-order valence-corrected chi connectivity index (χ1v) is 8.26. The van der Waals surface area contributed by atoms with Crippen molar-refractivity contribution in [1.82, 2.24) is 9.78 Å².